The topological polar surface area (TPSA) is 145 Å². The van der Waals surface area contributed by atoms with Gasteiger partial charge in [-0.25, -0.2) is 9.97 Å². The Hall–Kier alpha value is -4.67. The van der Waals surface area contributed by atoms with Crippen molar-refractivity contribution in [2.45, 2.75) is 71.5 Å². The zero-order chi connectivity index (χ0) is 33.3. The molecule has 0 saturated carbocycles. The van der Waals surface area contributed by atoms with Crippen LogP contribution >= 0.6 is 22.7 Å². The highest BCUT2D eigenvalue weighted by Gasteiger charge is 2.39. The second-order valence-corrected chi connectivity index (χ2v) is 14.7. The Kier molecular flexibility index (Phi) is 8.82. The summed E-state index contributed by atoms with van der Waals surface area (Å²) in [6.45, 7) is 9.67. The standard InChI is InChI=1S/C34H35N5O6S2/c1-6-24-19(2)46-32(37-24)39-28(41)17-42-25-9-7-8-21-14-34(5,45-29(21)25)12-20-10-22-13-33(3,4)44-30(22)26(11-20)43-18-27(40)38-31-36-16-23(15-35)47-31/h7-11,16H,6,12-14,17-18H2,1-5H3,(H,36,38,40)(H,37,39,41). The average Bonchev–Trinajstić information content (AvgIpc) is 3.77. The van der Waals surface area contributed by atoms with Crippen LogP contribution in [0.15, 0.2) is 36.5 Å². The molecule has 47 heavy (non-hydrogen) atoms. The van der Waals surface area contributed by atoms with Crippen LogP contribution < -0.4 is 29.6 Å². The summed E-state index contributed by atoms with van der Waals surface area (Å²) in [6, 6.07) is 11.7. The molecule has 0 spiro atoms. The van der Waals surface area contributed by atoms with Gasteiger partial charge in [0.1, 0.15) is 22.1 Å². The second kappa shape index (κ2) is 12.8. The number of hydrogen-bond donors (Lipinski definition) is 2. The molecule has 2 aliphatic rings. The molecule has 2 aromatic heterocycles. The van der Waals surface area contributed by atoms with Gasteiger partial charge in [-0.15, -0.1) is 11.3 Å². The number of ether oxygens (including phenoxy) is 4. The number of thiazole rings is 2. The zero-order valence-electron chi connectivity index (χ0n) is 26.8. The van der Waals surface area contributed by atoms with E-state index in [0.717, 1.165) is 45.0 Å². The van der Waals surface area contributed by atoms with Crippen LogP contribution in [0.4, 0.5) is 10.3 Å². The number of para-hydroxylation sites is 1. The molecule has 0 radical (unpaired) electrons. The molecule has 6 rings (SSSR count). The van der Waals surface area contributed by atoms with Gasteiger partial charge in [0.25, 0.3) is 11.8 Å². The minimum atomic E-state index is -0.597. The van der Waals surface area contributed by atoms with E-state index in [1.165, 1.54) is 17.5 Å². The number of anilines is 2. The first-order chi connectivity index (χ1) is 22.4. The van der Waals surface area contributed by atoms with E-state index in [1.807, 2.05) is 58.9 Å². The molecule has 13 heteroatoms. The first kappa shape index (κ1) is 32.3. The average molecular weight is 674 g/mol. The van der Waals surface area contributed by atoms with Crippen molar-refractivity contribution in [1.82, 2.24) is 9.97 Å². The summed E-state index contributed by atoms with van der Waals surface area (Å²) in [5, 5.41) is 15.4. The maximum absolute atomic E-state index is 12.7. The van der Waals surface area contributed by atoms with Crippen molar-refractivity contribution >= 4 is 44.8 Å². The van der Waals surface area contributed by atoms with E-state index >= 15 is 0 Å². The van der Waals surface area contributed by atoms with Crippen molar-refractivity contribution in [3.05, 3.63) is 68.7 Å². The molecule has 11 nitrogen and oxygen atoms in total. The Morgan fingerprint density at radius 3 is 2.40 bits per heavy atom. The van der Waals surface area contributed by atoms with Crippen LogP contribution in [0.2, 0.25) is 0 Å². The molecule has 1 unspecified atom stereocenters. The largest absolute Gasteiger partial charge is 0.483 e. The summed E-state index contributed by atoms with van der Waals surface area (Å²) in [5.41, 5.74) is 2.92. The molecule has 0 bridgehead atoms. The number of nitrogens with one attached hydrogen (secondary N) is 2. The van der Waals surface area contributed by atoms with Crippen molar-refractivity contribution < 1.29 is 28.5 Å². The highest BCUT2D eigenvalue weighted by Crippen LogP contribution is 2.46. The first-order valence-electron chi connectivity index (χ1n) is 15.3. The predicted octanol–water partition coefficient (Wildman–Crippen LogP) is 6.03. The van der Waals surface area contributed by atoms with E-state index in [-0.39, 0.29) is 19.1 Å². The Morgan fingerprint density at radius 2 is 1.70 bits per heavy atom. The van der Waals surface area contributed by atoms with Gasteiger partial charge in [-0.05, 0) is 51.8 Å². The number of carbonyl (C=O) groups excluding carboxylic acids is 2. The molecule has 2 N–H and O–H groups in total. The predicted molar refractivity (Wildman–Crippen MR) is 179 cm³/mol. The van der Waals surface area contributed by atoms with Crippen molar-refractivity contribution in [3.63, 3.8) is 0 Å². The van der Waals surface area contributed by atoms with Crippen LogP contribution in [0, 0.1) is 18.3 Å². The SMILES string of the molecule is CCc1nc(NC(=O)COc2cccc3c2OC(C)(Cc2cc4c(c(OCC(=O)Nc5ncc(C#N)s5)c2)OC(C)(C)C4)C3)sc1C. The van der Waals surface area contributed by atoms with E-state index in [1.54, 1.807) is 6.07 Å². The third-order valence-corrected chi connectivity index (χ3v) is 9.54. The molecular weight excluding hydrogens is 639 g/mol. The van der Waals surface area contributed by atoms with Crippen LogP contribution in [0.5, 0.6) is 23.0 Å². The maximum Gasteiger partial charge on any atom is 0.264 e. The van der Waals surface area contributed by atoms with E-state index < -0.39 is 17.1 Å². The fourth-order valence-electron chi connectivity index (χ4n) is 5.89. The van der Waals surface area contributed by atoms with Gasteiger partial charge < -0.3 is 18.9 Å². The summed E-state index contributed by atoms with van der Waals surface area (Å²) < 4.78 is 24.7. The molecule has 2 aromatic carbocycles. The van der Waals surface area contributed by atoms with Crippen LogP contribution in [0.25, 0.3) is 0 Å². The third-order valence-electron chi connectivity index (χ3n) is 7.79. The molecule has 2 amide bonds. The Morgan fingerprint density at radius 1 is 0.979 bits per heavy atom. The van der Waals surface area contributed by atoms with Crippen molar-refractivity contribution in [2.75, 3.05) is 23.8 Å². The van der Waals surface area contributed by atoms with Crippen molar-refractivity contribution in [2.24, 2.45) is 0 Å². The van der Waals surface area contributed by atoms with E-state index in [4.69, 9.17) is 24.2 Å². The van der Waals surface area contributed by atoms with Gasteiger partial charge in [-0.3, -0.25) is 20.2 Å². The fraction of sp³-hybridized carbons (Fsp3) is 0.382. The molecule has 1 atom stereocenters. The summed E-state index contributed by atoms with van der Waals surface area (Å²) in [7, 11) is 0. The molecule has 0 aliphatic carbocycles. The summed E-state index contributed by atoms with van der Waals surface area (Å²) in [6.07, 6.45) is 4.10. The number of nitriles is 1. The zero-order valence-corrected chi connectivity index (χ0v) is 28.4. The van der Waals surface area contributed by atoms with Gasteiger partial charge in [0, 0.05) is 35.3 Å². The van der Waals surface area contributed by atoms with Crippen LogP contribution in [-0.4, -0.2) is 46.2 Å². The maximum atomic E-state index is 12.7. The lowest BCUT2D eigenvalue weighted by Crippen LogP contribution is -2.33. The van der Waals surface area contributed by atoms with E-state index in [9.17, 15) is 9.59 Å². The third kappa shape index (κ3) is 7.34. The van der Waals surface area contributed by atoms with Crippen molar-refractivity contribution in [1.29, 1.82) is 5.26 Å². The number of aryl methyl sites for hydroxylation is 2. The van der Waals surface area contributed by atoms with Crippen LogP contribution in [0.1, 0.15) is 59.8 Å². The van der Waals surface area contributed by atoms with Crippen molar-refractivity contribution in [3.8, 4) is 29.1 Å². The first-order valence-corrected chi connectivity index (χ1v) is 16.9. The van der Waals surface area contributed by atoms with Gasteiger partial charge in [-0.1, -0.05) is 36.5 Å². The molecular formula is C34H35N5O6S2. The second-order valence-electron chi connectivity index (χ2n) is 12.5. The molecule has 244 valence electrons. The van der Waals surface area contributed by atoms with Crippen LogP contribution in [-0.2, 0) is 35.3 Å². The van der Waals surface area contributed by atoms with E-state index in [2.05, 4.69) is 26.7 Å². The smallest absolute Gasteiger partial charge is 0.264 e. The minimum absolute atomic E-state index is 0.173. The Labute approximate surface area is 280 Å². The molecule has 4 heterocycles. The van der Waals surface area contributed by atoms with Crippen LogP contribution in [0.3, 0.4) is 0 Å². The molecule has 2 aliphatic heterocycles. The number of carbonyl (C=O) groups is 2. The fourth-order valence-corrected chi connectivity index (χ4v) is 7.43. The van der Waals surface area contributed by atoms with Gasteiger partial charge in [0.05, 0.1) is 11.9 Å². The molecule has 0 fully saturated rings. The van der Waals surface area contributed by atoms with Gasteiger partial charge >= 0.3 is 0 Å². The normalized spacial score (nSPS) is 17.1. The quantitative estimate of drug-likeness (QED) is 0.195. The lowest BCUT2D eigenvalue weighted by Gasteiger charge is -2.25. The number of nitrogens with zero attached hydrogens (tertiary/aromatic N) is 3. The molecule has 0 saturated heterocycles. The van der Waals surface area contributed by atoms with Gasteiger partial charge in [0.2, 0.25) is 0 Å². The van der Waals surface area contributed by atoms with E-state index in [0.29, 0.717) is 57.4 Å². The minimum Gasteiger partial charge on any atom is -0.483 e. The number of hydrogen-bond acceptors (Lipinski definition) is 11. The van der Waals surface area contributed by atoms with Gasteiger partial charge in [0.15, 0.2) is 46.5 Å². The Bertz CT molecular complexity index is 1890. The van der Waals surface area contributed by atoms with Gasteiger partial charge in [-0.2, -0.15) is 5.26 Å². The summed E-state index contributed by atoms with van der Waals surface area (Å²) in [5.74, 6) is 1.55. The lowest BCUT2D eigenvalue weighted by atomic mass is 9.90. The summed E-state index contributed by atoms with van der Waals surface area (Å²) >= 11 is 2.55. The summed E-state index contributed by atoms with van der Waals surface area (Å²) in [4.78, 5) is 35.3. The highest BCUT2D eigenvalue weighted by atomic mass is 32.1. The number of rotatable bonds is 11. The monoisotopic (exact) mass is 673 g/mol. The highest BCUT2D eigenvalue weighted by molar-refractivity contribution is 7.16. The Balaban J connectivity index is 1.13. The number of amides is 2. The number of aromatic nitrogens is 2. The molecule has 4 aromatic rings. The number of fused-ring (bicyclic) bond motifs is 2. The lowest BCUT2D eigenvalue weighted by molar-refractivity contribution is -0.118. The number of benzene rings is 2.